The Morgan fingerprint density at radius 2 is 1.68 bits per heavy atom. The van der Waals surface area contributed by atoms with Gasteiger partial charge in [0.25, 0.3) is 0 Å². The lowest BCUT2D eigenvalue weighted by atomic mass is 9.92. The number of carbonyl (C=O) groups excluding carboxylic acids is 1. The van der Waals surface area contributed by atoms with Crippen molar-refractivity contribution in [3.63, 3.8) is 0 Å². The van der Waals surface area contributed by atoms with Crippen LogP contribution in [-0.4, -0.2) is 50.1 Å². The summed E-state index contributed by atoms with van der Waals surface area (Å²) < 4.78 is 0.147. The minimum Gasteiger partial charge on any atom is -0.359 e. The molecule has 0 bridgehead atoms. The Labute approximate surface area is 121 Å². The molecule has 0 saturated heterocycles. The molecule has 0 aliphatic heterocycles. The number of guanidine groups is 1. The van der Waals surface area contributed by atoms with Gasteiger partial charge in [-0.15, -0.1) is 0 Å². The third-order valence-corrected chi connectivity index (χ3v) is 4.25. The summed E-state index contributed by atoms with van der Waals surface area (Å²) in [7, 11) is 3.38. The molecule has 0 atom stereocenters. The molecule has 1 amide bonds. The Morgan fingerprint density at radius 1 is 1.16 bits per heavy atom. The predicted molar refractivity (Wildman–Crippen MR) is 84.8 cm³/mol. The number of aliphatic imine (C=N–C) groups is 1. The van der Waals surface area contributed by atoms with Crippen LogP contribution in [0.5, 0.6) is 0 Å². The highest BCUT2D eigenvalue weighted by atomic mass is 32.2. The van der Waals surface area contributed by atoms with E-state index in [9.17, 15) is 4.79 Å². The minimum absolute atomic E-state index is 0.0138. The van der Waals surface area contributed by atoms with Gasteiger partial charge in [-0.3, -0.25) is 9.79 Å². The Bertz CT molecular complexity index is 327. The van der Waals surface area contributed by atoms with Crippen molar-refractivity contribution in [1.29, 1.82) is 0 Å². The number of hydrogen-bond acceptors (Lipinski definition) is 3. The maximum absolute atomic E-state index is 11.7. The first-order valence-electron chi connectivity index (χ1n) is 6.40. The quantitative estimate of drug-likeness (QED) is 0.505. The number of thioether (sulfide) groups is 1. The van der Waals surface area contributed by atoms with Gasteiger partial charge in [0.05, 0.1) is 5.41 Å². The molecule has 3 N–H and O–H groups in total. The molecule has 0 aromatic rings. The summed E-state index contributed by atoms with van der Waals surface area (Å²) in [6, 6.07) is 0. The second kappa shape index (κ2) is 7.62. The molecule has 5 nitrogen and oxygen atoms in total. The standard InChI is InChI=1S/C13H28N4OS/c1-12(2,10(18)14-5)8-16-11(15-6)17-9-13(3,4)19-7/h8-9H2,1-7H3,(H,14,18)(H2,15,16,17). The van der Waals surface area contributed by atoms with Crippen molar-refractivity contribution in [2.24, 2.45) is 10.4 Å². The van der Waals surface area contributed by atoms with Crippen LogP contribution in [0.1, 0.15) is 27.7 Å². The average molecular weight is 288 g/mol. The molecule has 0 fully saturated rings. The SMILES string of the molecule is CN=C(NCC(C)(C)SC)NCC(C)(C)C(=O)NC. The molecule has 19 heavy (non-hydrogen) atoms. The Kier molecular flexibility index (Phi) is 7.26. The number of nitrogens with one attached hydrogen (secondary N) is 3. The van der Waals surface area contributed by atoms with Crippen LogP contribution in [-0.2, 0) is 4.79 Å². The number of carbonyl (C=O) groups is 1. The Hall–Kier alpha value is -0.910. The Morgan fingerprint density at radius 3 is 2.11 bits per heavy atom. The second-order valence-corrected chi connectivity index (χ2v) is 7.22. The van der Waals surface area contributed by atoms with Gasteiger partial charge in [-0.2, -0.15) is 11.8 Å². The van der Waals surface area contributed by atoms with Gasteiger partial charge in [-0.25, -0.2) is 0 Å². The van der Waals surface area contributed by atoms with E-state index >= 15 is 0 Å². The molecule has 0 radical (unpaired) electrons. The highest BCUT2D eigenvalue weighted by molar-refractivity contribution is 7.99. The van der Waals surface area contributed by atoms with Crippen LogP contribution in [0.3, 0.4) is 0 Å². The average Bonchev–Trinajstić information content (AvgIpc) is 2.37. The lowest BCUT2D eigenvalue weighted by Gasteiger charge is -2.26. The van der Waals surface area contributed by atoms with Gasteiger partial charge >= 0.3 is 0 Å². The third kappa shape index (κ3) is 6.71. The van der Waals surface area contributed by atoms with Crippen molar-refractivity contribution in [3.8, 4) is 0 Å². The van der Waals surface area contributed by atoms with Crippen LogP contribution >= 0.6 is 11.8 Å². The Balaban J connectivity index is 4.34. The smallest absolute Gasteiger partial charge is 0.227 e. The van der Waals surface area contributed by atoms with Crippen LogP contribution in [0.2, 0.25) is 0 Å². The van der Waals surface area contributed by atoms with Crippen molar-refractivity contribution in [2.45, 2.75) is 32.4 Å². The number of hydrogen-bond donors (Lipinski definition) is 3. The molecule has 0 aromatic carbocycles. The fourth-order valence-corrected chi connectivity index (χ4v) is 1.53. The monoisotopic (exact) mass is 288 g/mol. The van der Waals surface area contributed by atoms with Gasteiger partial charge in [0.2, 0.25) is 5.91 Å². The van der Waals surface area contributed by atoms with Crippen LogP contribution in [0.4, 0.5) is 0 Å². The lowest BCUT2D eigenvalue weighted by Crippen LogP contribution is -2.49. The highest BCUT2D eigenvalue weighted by Gasteiger charge is 2.26. The van der Waals surface area contributed by atoms with Gasteiger partial charge in [0.1, 0.15) is 0 Å². The third-order valence-electron chi connectivity index (χ3n) is 3.00. The topological polar surface area (TPSA) is 65.5 Å². The molecule has 0 saturated carbocycles. The largest absolute Gasteiger partial charge is 0.359 e. The van der Waals surface area contributed by atoms with Crippen molar-refractivity contribution in [2.75, 3.05) is 33.4 Å². The molecular weight excluding hydrogens is 260 g/mol. The summed E-state index contributed by atoms with van der Waals surface area (Å²) in [4.78, 5) is 15.9. The van der Waals surface area contributed by atoms with Crippen molar-refractivity contribution in [3.05, 3.63) is 0 Å². The maximum atomic E-state index is 11.7. The summed E-state index contributed by atoms with van der Waals surface area (Å²) in [5.41, 5.74) is -0.471. The molecule has 0 aromatic heterocycles. The molecule has 0 aliphatic carbocycles. The van der Waals surface area contributed by atoms with E-state index in [0.717, 1.165) is 12.5 Å². The molecule has 0 heterocycles. The van der Waals surface area contributed by atoms with Gasteiger partial charge in [0.15, 0.2) is 5.96 Å². The molecule has 0 spiro atoms. The van der Waals surface area contributed by atoms with E-state index in [1.807, 2.05) is 13.8 Å². The number of rotatable bonds is 6. The van der Waals surface area contributed by atoms with Crippen molar-refractivity contribution < 1.29 is 4.79 Å². The van der Waals surface area contributed by atoms with E-state index in [0.29, 0.717) is 6.54 Å². The van der Waals surface area contributed by atoms with Crippen LogP contribution < -0.4 is 16.0 Å². The van der Waals surface area contributed by atoms with Gasteiger partial charge < -0.3 is 16.0 Å². The fraction of sp³-hybridized carbons (Fsp3) is 0.846. The summed E-state index contributed by atoms with van der Waals surface area (Å²) >= 11 is 1.80. The first kappa shape index (κ1) is 18.1. The van der Waals surface area contributed by atoms with E-state index in [1.165, 1.54) is 0 Å². The second-order valence-electron chi connectivity index (χ2n) is 5.71. The zero-order chi connectivity index (χ0) is 15.1. The summed E-state index contributed by atoms with van der Waals surface area (Å²) in [5.74, 6) is 0.735. The summed E-state index contributed by atoms with van der Waals surface area (Å²) in [5, 5.41) is 9.14. The molecule has 0 rings (SSSR count). The van der Waals surface area contributed by atoms with E-state index in [4.69, 9.17) is 0 Å². The van der Waals surface area contributed by atoms with Gasteiger partial charge in [-0.1, -0.05) is 0 Å². The first-order valence-corrected chi connectivity index (χ1v) is 7.63. The highest BCUT2D eigenvalue weighted by Crippen LogP contribution is 2.19. The normalized spacial score (nSPS) is 13.1. The van der Waals surface area contributed by atoms with Gasteiger partial charge in [0, 0.05) is 31.9 Å². The fourth-order valence-electron chi connectivity index (χ4n) is 1.31. The van der Waals surface area contributed by atoms with Crippen molar-refractivity contribution >= 4 is 23.6 Å². The number of amides is 1. The number of nitrogens with zero attached hydrogens (tertiary/aromatic N) is 1. The minimum atomic E-state index is -0.471. The lowest BCUT2D eigenvalue weighted by molar-refractivity contribution is -0.128. The molecule has 112 valence electrons. The summed E-state index contributed by atoms with van der Waals surface area (Å²) in [6.45, 7) is 9.50. The van der Waals surface area contributed by atoms with E-state index in [-0.39, 0.29) is 10.7 Å². The predicted octanol–water partition coefficient (Wildman–Crippen LogP) is 1.07. The molecule has 6 heteroatoms. The van der Waals surface area contributed by atoms with E-state index in [2.05, 4.69) is 41.0 Å². The molecule has 0 unspecified atom stereocenters. The van der Waals surface area contributed by atoms with Crippen LogP contribution in [0.15, 0.2) is 4.99 Å². The zero-order valence-electron chi connectivity index (χ0n) is 13.2. The van der Waals surface area contributed by atoms with Crippen LogP contribution in [0, 0.1) is 5.41 Å². The van der Waals surface area contributed by atoms with Crippen LogP contribution in [0.25, 0.3) is 0 Å². The maximum Gasteiger partial charge on any atom is 0.227 e. The first-order chi connectivity index (χ1) is 8.68. The van der Waals surface area contributed by atoms with Crippen molar-refractivity contribution in [1.82, 2.24) is 16.0 Å². The molecule has 0 aliphatic rings. The zero-order valence-corrected chi connectivity index (χ0v) is 14.0. The molecular formula is C13H28N4OS. The van der Waals surface area contributed by atoms with E-state index < -0.39 is 5.41 Å². The summed E-state index contributed by atoms with van der Waals surface area (Å²) in [6.07, 6.45) is 2.09. The van der Waals surface area contributed by atoms with E-state index in [1.54, 1.807) is 25.9 Å². The van der Waals surface area contributed by atoms with Gasteiger partial charge in [-0.05, 0) is 34.0 Å².